The van der Waals surface area contributed by atoms with Crippen LogP contribution < -0.4 is 4.74 Å². The molecule has 0 aromatic carbocycles. The Hall–Kier alpha value is -2.41. The fraction of sp³-hybridized carbons (Fsp3) is 0.500. The summed E-state index contributed by atoms with van der Waals surface area (Å²) in [5.41, 5.74) is 0.168. The molecule has 0 N–H and O–H groups in total. The average molecular weight is 343 g/mol. The van der Waals surface area contributed by atoms with E-state index < -0.39 is 0 Å². The van der Waals surface area contributed by atoms with Crippen LogP contribution in [0.3, 0.4) is 0 Å². The van der Waals surface area contributed by atoms with Gasteiger partial charge in [0.1, 0.15) is 11.5 Å². The van der Waals surface area contributed by atoms with Crippen LogP contribution in [0.1, 0.15) is 29.1 Å². The Morgan fingerprint density at radius 2 is 2.44 bits per heavy atom. The molecule has 132 valence electrons. The molecule has 0 spiro atoms. The molecule has 0 bridgehead atoms. The van der Waals surface area contributed by atoms with Gasteiger partial charge in [-0.25, -0.2) is 0 Å². The predicted octanol–water partition coefficient (Wildman–Crippen LogP) is 2.08. The van der Waals surface area contributed by atoms with Crippen molar-refractivity contribution in [2.75, 3.05) is 26.3 Å². The van der Waals surface area contributed by atoms with E-state index in [9.17, 15) is 4.79 Å². The van der Waals surface area contributed by atoms with Crippen LogP contribution in [0, 0.1) is 12.3 Å². The van der Waals surface area contributed by atoms with Gasteiger partial charge in [0.15, 0.2) is 5.69 Å². The Labute approximate surface area is 145 Å². The minimum absolute atomic E-state index is 0.0945. The van der Waals surface area contributed by atoms with Gasteiger partial charge in [-0.1, -0.05) is 5.16 Å². The van der Waals surface area contributed by atoms with Crippen molar-refractivity contribution in [1.29, 1.82) is 0 Å². The Balaban J connectivity index is 1.49. The van der Waals surface area contributed by atoms with Crippen molar-refractivity contribution in [2.24, 2.45) is 5.41 Å². The van der Waals surface area contributed by atoms with Crippen LogP contribution in [-0.2, 0) is 4.74 Å². The smallest absolute Gasteiger partial charge is 0.276 e. The molecular weight excluding hydrogens is 322 g/mol. The molecule has 2 aromatic heterocycles. The number of nitrogens with zero attached hydrogens (tertiary/aromatic N) is 3. The Morgan fingerprint density at radius 1 is 1.52 bits per heavy atom. The zero-order valence-electron chi connectivity index (χ0n) is 14.2. The molecule has 4 heterocycles. The summed E-state index contributed by atoms with van der Waals surface area (Å²) >= 11 is 0. The molecule has 1 amide bonds. The molecule has 0 radical (unpaired) electrons. The number of carbonyl (C=O) groups is 1. The van der Waals surface area contributed by atoms with Crippen molar-refractivity contribution in [3.63, 3.8) is 0 Å². The zero-order chi connectivity index (χ0) is 17.3. The highest BCUT2D eigenvalue weighted by atomic mass is 16.5. The van der Waals surface area contributed by atoms with Crippen LogP contribution >= 0.6 is 0 Å². The zero-order valence-corrected chi connectivity index (χ0v) is 14.2. The van der Waals surface area contributed by atoms with E-state index in [2.05, 4.69) is 10.1 Å². The third-order valence-corrected chi connectivity index (χ3v) is 5.06. The van der Waals surface area contributed by atoms with E-state index in [1.165, 1.54) is 0 Å². The second-order valence-corrected chi connectivity index (χ2v) is 6.79. The SMILES string of the molecule is Cc1cc(C(=O)N2CC[C@@H]3OCC[C@]3(COc3cccnc3)C2)no1. The highest BCUT2D eigenvalue weighted by Gasteiger charge is 2.49. The van der Waals surface area contributed by atoms with E-state index in [-0.39, 0.29) is 17.4 Å². The Morgan fingerprint density at radius 3 is 3.20 bits per heavy atom. The van der Waals surface area contributed by atoms with Crippen LogP contribution in [-0.4, -0.2) is 53.4 Å². The summed E-state index contributed by atoms with van der Waals surface area (Å²) in [5, 5.41) is 3.86. The third-order valence-electron chi connectivity index (χ3n) is 5.06. The molecule has 0 saturated carbocycles. The minimum Gasteiger partial charge on any atom is -0.491 e. The van der Waals surface area contributed by atoms with Gasteiger partial charge < -0.3 is 18.9 Å². The monoisotopic (exact) mass is 343 g/mol. The van der Waals surface area contributed by atoms with Gasteiger partial charge in [0, 0.05) is 32.0 Å². The third kappa shape index (κ3) is 3.11. The number of fused-ring (bicyclic) bond motifs is 1. The van der Waals surface area contributed by atoms with E-state index in [4.69, 9.17) is 14.0 Å². The summed E-state index contributed by atoms with van der Waals surface area (Å²) in [4.78, 5) is 18.6. The lowest BCUT2D eigenvalue weighted by Crippen LogP contribution is -2.54. The number of rotatable bonds is 4. The lowest BCUT2D eigenvalue weighted by molar-refractivity contribution is -0.0328. The Kier molecular flexibility index (Phi) is 4.17. The van der Waals surface area contributed by atoms with Crippen molar-refractivity contribution < 1.29 is 18.8 Å². The molecule has 4 rings (SSSR count). The summed E-state index contributed by atoms with van der Waals surface area (Å²) in [5.74, 6) is 1.28. The van der Waals surface area contributed by atoms with Crippen molar-refractivity contribution in [3.8, 4) is 5.75 Å². The van der Waals surface area contributed by atoms with Crippen LogP contribution in [0.4, 0.5) is 0 Å². The molecular formula is C18H21N3O4. The number of likely N-dealkylation sites (tertiary alicyclic amines) is 1. The van der Waals surface area contributed by atoms with Gasteiger partial charge in [-0.2, -0.15) is 0 Å². The first-order valence-electron chi connectivity index (χ1n) is 8.53. The van der Waals surface area contributed by atoms with Gasteiger partial charge in [0.2, 0.25) is 0 Å². The summed E-state index contributed by atoms with van der Waals surface area (Å²) in [6.07, 6.45) is 5.21. The first kappa shape index (κ1) is 16.1. The van der Waals surface area contributed by atoms with Crippen LogP contribution in [0.25, 0.3) is 0 Å². The standard InChI is InChI=1S/C18H21N3O4/c1-13-9-15(20-25-13)17(22)21-7-4-16-18(11-21,5-8-23-16)12-24-14-3-2-6-19-10-14/h2-3,6,9-10,16H,4-5,7-8,11-12H2,1H3/t16-,18+/m0/s1. The van der Waals surface area contributed by atoms with Gasteiger partial charge in [-0.3, -0.25) is 9.78 Å². The maximum absolute atomic E-state index is 12.7. The molecule has 2 aliphatic rings. The fourth-order valence-corrected chi connectivity index (χ4v) is 3.72. The molecule has 0 unspecified atom stereocenters. The maximum atomic E-state index is 12.7. The number of aromatic nitrogens is 2. The van der Waals surface area contributed by atoms with Crippen LogP contribution in [0.2, 0.25) is 0 Å². The number of amides is 1. The van der Waals surface area contributed by atoms with Crippen molar-refractivity contribution in [3.05, 3.63) is 42.0 Å². The maximum Gasteiger partial charge on any atom is 0.276 e. The van der Waals surface area contributed by atoms with E-state index in [1.807, 2.05) is 17.0 Å². The summed E-state index contributed by atoms with van der Waals surface area (Å²) in [6.45, 7) is 4.24. The van der Waals surface area contributed by atoms with Crippen LogP contribution in [0.15, 0.2) is 35.1 Å². The molecule has 7 nitrogen and oxygen atoms in total. The Bertz CT molecular complexity index is 748. The second kappa shape index (κ2) is 6.48. The first-order chi connectivity index (χ1) is 12.2. The number of ether oxygens (including phenoxy) is 2. The van der Waals surface area contributed by atoms with Crippen molar-refractivity contribution in [2.45, 2.75) is 25.9 Å². The summed E-state index contributed by atoms with van der Waals surface area (Å²) in [7, 11) is 0. The highest BCUT2D eigenvalue weighted by Crippen LogP contribution is 2.41. The van der Waals surface area contributed by atoms with E-state index >= 15 is 0 Å². The molecule has 2 aliphatic heterocycles. The summed E-state index contributed by atoms with van der Waals surface area (Å²) in [6, 6.07) is 5.41. The molecule has 2 aromatic rings. The number of piperidine rings is 1. The van der Waals surface area contributed by atoms with E-state index in [0.717, 1.165) is 18.6 Å². The quantitative estimate of drug-likeness (QED) is 0.846. The van der Waals surface area contributed by atoms with Crippen LogP contribution in [0.5, 0.6) is 5.75 Å². The van der Waals surface area contributed by atoms with E-state index in [0.29, 0.717) is 37.8 Å². The number of aryl methyl sites for hydroxylation is 1. The number of hydrogen-bond acceptors (Lipinski definition) is 6. The molecule has 2 atom stereocenters. The highest BCUT2D eigenvalue weighted by molar-refractivity contribution is 5.92. The molecule has 25 heavy (non-hydrogen) atoms. The first-order valence-corrected chi connectivity index (χ1v) is 8.53. The van der Waals surface area contributed by atoms with Gasteiger partial charge >= 0.3 is 0 Å². The van der Waals surface area contributed by atoms with Gasteiger partial charge in [0.25, 0.3) is 5.91 Å². The normalized spacial score (nSPS) is 25.6. The van der Waals surface area contributed by atoms with Crippen molar-refractivity contribution >= 4 is 5.91 Å². The largest absolute Gasteiger partial charge is 0.491 e. The number of pyridine rings is 1. The van der Waals surface area contributed by atoms with Crippen molar-refractivity contribution in [1.82, 2.24) is 15.0 Å². The fourth-order valence-electron chi connectivity index (χ4n) is 3.72. The molecule has 2 saturated heterocycles. The number of carbonyl (C=O) groups excluding carboxylic acids is 1. The summed E-state index contributed by atoms with van der Waals surface area (Å²) < 4.78 is 16.9. The predicted molar refractivity (Wildman–Crippen MR) is 88.3 cm³/mol. The van der Waals surface area contributed by atoms with Gasteiger partial charge in [-0.15, -0.1) is 0 Å². The minimum atomic E-state index is -0.192. The van der Waals surface area contributed by atoms with Gasteiger partial charge in [0.05, 0.1) is 24.3 Å². The molecule has 0 aliphatic carbocycles. The van der Waals surface area contributed by atoms with E-state index in [1.54, 1.807) is 25.4 Å². The average Bonchev–Trinajstić information content (AvgIpc) is 3.26. The molecule has 2 fully saturated rings. The topological polar surface area (TPSA) is 77.7 Å². The molecule has 7 heteroatoms. The lowest BCUT2D eigenvalue weighted by atomic mass is 9.77. The lowest BCUT2D eigenvalue weighted by Gasteiger charge is -2.43. The van der Waals surface area contributed by atoms with Gasteiger partial charge in [-0.05, 0) is 31.9 Å². The number of hydrogen-bond donors (Lipinski definition) is 0. The second-order valence-electron chi connectivity index (χ2n) is 6.79.